The zero-order valence-electron chi connectivity index (χ0n) is 9.64. The summed E-state index contributed by atoms with van der Waals surface area (Å²) in [6, 6.07) is 0.412. The van der Waals surface area contributed by atoms with Gasteiger partial charge in [-0.2, -0.15) is 11.8 Å². The van der Waals surface area contributed by atoms with Crippen LogP contribution < -0.4 is 0 Å². The normalized spacial score (nSPS) is 27.9. The first-order valence-corrected chi connectivity index (χ1v) is 7.41. The molecule has 1 fully saturated rings. The van der Waals surface area contributed by atoms with Crippen molar-refractivity contribution in [3.63, 3.8) is 0 Å². The Balaban J connectivity index is 2.23. The molecule has 0 aliphatic heterocycles. The molecule has 6 heteroatoms. The molecule has 4 nitrogen and oxygen atoms in total. The molecule has 1 saturated carbocycles. The number of aromatic nitrogens is 4. The number of nitrogens with zero attached hydrogens (tertiary/aromatic N) is 4. The number of hydrogen-bond acceptors (Lipinski definition) is 4. The third kappa shape index (κ3) is 2.35. The summed E-state index contributed by atoms with van der Waals surface area (Å²) < 4.78 is 1.94. The Morgan fingerprint density at radius 2 is 2.19 bits per heavy atom. The van der Waals surface area contributed by atoms with Crippen molar-refractivity contribution in [1.29, 1.82) is 0 Å². The van der Waals surface area contributed by atoms with Gasteiger partial charge in [-0.05, 0) is 36.4 Å². The minimum Gasteiger partial charge on any atom is -0.224 e. The molecule has 2 rings (SSSR count). The third-order valence-corrected chi connectivity index (χ3v) is 4.51. The zero-order valence-corrected chi connectivity index (χ0v) is 11.2. The summed E-state index contributed by atoms with van der Waals surface area (Å²) in [5.41, 5.74) is 0. The molecule has 1 aromatic rings. The van der Waals surface area contributed by atoms with Crippen LogP contribution in [0.5, 0.6) is 0 Å². The van der Waals surface area contributed by atoms with Crippen LogP contribution in [0, 0.1) is 0 Å². The van der Waals surface area contributed by atoms with Crippen LogP contribution in [-0.4, -0.2) is 31.7 Å². The van der Waals surface area contributed by atoms with E-state index in [0.717, 1.165) is 12.2 Å². The number of halogens is 1. The highest BCUT2D eigenvalue weighted by atomic mass is 35.5. The van der Waals surface area contributed by atoms with Gasteiger partial charge in [0.25, 0.3) is 0 Å². The van der Waals surface area contributed by atoms with Crippen LogP contribution in [0.3, 0.4) is 0 Å². The molecule has 1 aliphatic carbocycles. The lowest BCUT2D eigenvalue weighted by atomic mass is 9.95. The van der Waals surface area contributed by atoms with Gasteiger partial charge >= 0.3 is 0 Å². The molecular formula is C10H17ClN4S. The number of rotatable bonds is 3. The molecule has 0 spiro atoms. The van der Waals surface area contributed by atoms with E-state index >= 15 is 0 Å². The quantitative estimate of drug-likeness (QED) is 0.784. The molecule has 0 amide bonds. The second kappa shape index (κ2) is 5.36. The van der Waals surface area contributed by atoms with E-state index in [4.69, 9.17) is 11.6 Å². The molecule has 0 aromatic carbocycles. The summed E-state index contributed by atoms with van der Waals surface area (Å²) in [4.78, 5) is 0. The van der Waals surface area contributed by atoms with Gasteiger partial charge in [0, 0.05) is 5.25 Å². The van der Waals surface area contributed by atoms with Crippen LogP contribution in [0.2, 0.25) is 0 Å². The van der Waals surface area contributed by atoms with Gasteiger partial charge in [0.2, 0.25) is 0 Å². The molecule has 16 heavy (non-hydrogen) atoms. The van der Waals surface area contributed by atoms with Crippen molar-refractivity contribution < 1.29 is 0 Å². The van der Waals surface area contributed by atoms with Crippen molar-refractivity contribution in [1.82, 2.24) is 20.2 Å². The fourth-order valence-electron chi connectivity index (χ4n) is 2.33. The molecule has 1 heterocycles. The van der Waals surface area contributed by atoms with E-state index in [1.54, 1.807) is 0 Å². The van der Waals surface area contributed by atoms with Gasteiger partial charge in [-0.3, -0.25) is 0 Å². The van der Waals surface area contributed by atoms with E-state index in [1.807, 2.05) is 23.4 Å². The first-order chi connectivity index (χ1) is 7.74. The Morgan fingerprint density at radius 1 is 1.44 bits per heavy atom. The highest BCUT2D eigenvalue weighted by Crippen LogP contribution is 2.36. The fourth-order valence-corrected chi connectivity index (χ4v) is 3.44. The maximum absolute atomic E-state index is 6.09. The Morgan fingerprint density at radius 3 is 2.88 bits per heavy atom. The summed E-state index contributed by atoms with van der Waals surface area (Å²) in [7, 11) is 0. The lowest BCUT2D eigenvalue weighted by molar-refractivity contribution is 0.327. The number of alkyl halides is 1. The van der Waals surface area contributed by atoms with Crippen molar-refractivity contribution in [2.45, 2.75) is 49.3 Å². The molecule has 0 radical (unpaired) electrons. The van der Waals surface area contributed by atoms with E-state index in [2.05, 4.69) is 21.8 Å². The van der Waals surface area contributed by atoms with E-state index in [-0.39, 0.29) is 5.38 Å². The van der Waals surface area contributed by atoms with Crippen LogP contribution in [-0.2, 0) is 0 Å². The lowest BCUT2D eigenvalue weighted by Gasteiger charge is -2.30. The summed E-state index contributed by atoms with van der Waals surface area (Å²) in [6.07, 6.45) is 7.15. The average molecular weight is 261 g/mol. The number of tetrazole rings is 1. The minimum absolute atomic E-state index is 0.126. The first-order valence-electron chi connectivity index (χ1n) is 5.68. The monoisotopic (exact) mass is 260 g/mol. The second-order valence-electron chi connectivity index (χ2n) is 4.22. The van der Waals surface area contributed by atoms with Gasteiger partial charge in [-0.25, -0.2) is 4.68 Å². The molecule has 1 aromatic heterocycles. The molecule has 3 unspecified atom stereocenters. The van der Waals surface area contributed by atoms with Crippen LogP contribution in [0.15, 0.2) is 0 Å². The van der Waals surface area contributed by atoms with Crippen molar-refractivity contribution in [3.8, 4) is 0 Å². The Labute approximate surface area is 105 Å². The fraction of sp³-hybridized carbons (Fsp3) is 0.900. The molecule has 0 saturated heterocycles. The van der Waals surface area contributed by atoms with E-state index in [1.165, 1.54) is 19.3 Å². The number of hydrogen-bond donors (Lipinski definition) is 0. The minimum atomic E-state index is -0.126. The molecule has 1 aliphatic rings. The third-order valence-electron chi connectivity index (χ3n) is 3.16. The van der Waals surface area contributed by atoms with Gasteiger partial charge in [0.15, 0.2) is 5.82 Å². The topological polar surface area (TPSA) is 43.6 Å². The SMILES string of the molecule is CSC1CCCCC1n1nnnc1C(C)Cl. The van der Waals surface area contributed by atoms with Crippen molar-refractivity contribution in [3.05, 3.63) is 5.82 Å². The summed E-state index contributed by atoms with van der Waals surface area (Å²) in [5.74, 6) is 0.799. The maximum Gasteiger partial charge on any atom is 0.169 e. The van der Waals surface area contributed by atoms with Gasteiger partial charge in [-0.15, -0.1) is 16.7 Å². The van der Waals surface area contributed by atoms with E-state index in [9.17, 15) is 0 Å². The van der Waals surface area contributed by atoms with Gasteiger partial charge in [0.05, 0.1) is 11.4 Å². The van der Waals surface area contributed by atoms with Crippen LogP contribution in [0.25, 0.3) is 0 Å². The predicted octanol–water partition coefficient (Wildman–Crippen LogP) is 2.82. The molecule has 90 valence electrons. The Bertz CT molecular complexity index is 341. The largest absolute Gasteiger partial charge is 0.224 e. The van der Waals surface area contributed by atoms with E-state index in [0.29, 0.717) is 11.3 Å². The van der Waals surface area contributed by atoms with Crippen LogP contribution >= 0.6 is 23.4 Å². The lowest BCUT2D eigenvalue weighted by Crippen LogP contribution is -2.27. The molecule has 0 bridgehead atoms. The van der Waals surface area contributed by atoms with Crippen LogP contribution in [0.4, 0.5) is 0 Å². The van der Waals surface area contributed by atoms with Gasteiger partial charge in [-0.1, -0.05) is 12.8 Å². The summed E-state index contributed by atoms with van der Waals surface area (Å²) in [5, 5.41) is 12.4. The molecule has 0 N–H and O–H groups in total. The Kier molecular flexibility index (Phi) is 4.08. The summed E-state index contributed by atoms with van der Waals surface area (Å²) >= 11 is 8.00. The zero-order chi connectivity index (χ0) is 11.5. The molecule has 3 atom stereocenters. The smallest absolute Gasteiger partial charge is 0.169 e. The van der Waals surface area contributed by atoms with Crippen molar-refractivity contribution in [2.75, 3.05) is 6.26 Å². The summed E-state index contributed by atoms with van der Waals surface area (Å²) in [6.45, 7) is 1.92. The predicted molar refractivity (Wildman–Crippen MR) is 66.9 cm³/mol. The molecular weight excluding hydrogens is 244 g/mol. The second-order valence-corrected chi connectivity index (χ2v) is 5.96. The van der Waals surface area contributed by atoms with Crippen LogP contribution in [0.1, 0.15) is 49.9 Å². The van der Waals surface area contributed by atoms with Crippen molar-refractivity contribution in [2.24, 2.45) is 0 Å². The number of thioether (sulfide) groups is 1. The highest BCUT2D eigenvalue weighted by Gasteiger charge is 2.29. The average Bonchev–Trinajstić information content (AvgIpc) is 2.77. The van der Waals surface area contributed by atoms with Gasteiger partial charge in [0.1, 0.15) is 0 Å². The first kappa shape index (κ1) is 12.2. The van der Waals surface area contributed by atoms with Gasteiger partial charge < -0.3 is 0 Å². The maximum atomic E-state index is 6.09. The van der Waals surface area contributed by atoms with Crippen molar-refractivity contribution >= 4 is 23.4 Å². The van der Waals surface area contributed by atoms with E-state index < -0.39 is 0 Å². The highest BCUT2D eigenvalue weighted by molar-refractivity contribution is 7.99. The Hall–Kier alpha value is -0.290. The standard InChI is InChI=1S/C10H17ClN4S/c1-7(11)10-12-13-14-15(10)8-5-3-4-6-9(8)16-2/h7-9H,3-6H2,1-2H3.